The molecule has 6 heteroatoms. The molecule has 190 valence electrons. The summed E-state index contributed by atoms with van der Waals surface area (Å²) in [4.78, 5) is 12.5. The summed E-state index contributed by atoms with van der Waals surface area (Å²) in [5, 5.41) is 13.4. The Morgan fingerprint density at radius 1 is 0.973 bits per heavy atom. The Balaban J connectivity index is 1.50. The van der Waals surface area contributed by atoms with Gasteiger partial charge in [-0.25, -0.2) is 0 Å². The van der Waals surface area contributed by atoms with Gasteiger partial charge in [0.25, 0.3) is 8.32 Å². The van der Waals surface area contributed by atoms with Gasteiger partial charge in [0.15, 0.2) is 5.43 Å². The number of ether oxygens (including phenoxy) is 1. The van der Waals surface area contributed by atoms with Crippen LogP contribution >= 0.6 is 0 Å². The third-order valence-electron chi connectivity index (χ3n) is 7.08. The fourth-order valence-electron chi connectivity index (χ4n) is 5.31. The van der Waals surface area contributed by atoms with Gasteiger partial charge in [-0.15, -0.1) is 0 Å². The molecule has 1 N–H and O–H groups in total. The molecule has 4 aromatic rings. The van der Waals surface area contributed by atoms with Gasteiger partial charge in [0.2, 0.25) is 0 Å². The second kappa shape index (κ2) is 9.69. The highest BCUT2D eigenvalue weighted by atomic mass is 28.4. The summed E-state index contributed by atoms with van der Waals surface area (Å²) in [7, 11) is -2.70. The monoisotopic (exact) mass is 512 g/mol. The van der Waals surface area contributed by atoms with Gasteiger partial charge < -0.3 is 18.7 Å². The standard InChI is InChI=1S/C31H32O5Si/c1-21-17-26(32)29-28(36-21)18-27-25(30(29)33)16-15-22(19-34-27)20-35-37(31(2,3)4,23-11-7-5-8-12-23)24-13-9-6-10-14-24/h5-15,17-18,33H,16,19-20H2,1-4H3. The van der Waals surface area contributed by atoms with E-state index in [9.17, 15) is 9.90 Å². The van der Waals surface area contributed by atoms with Crippen LogP contribution in [-0.4, -0.2) is 26.6 Å². The van der Waals surface area contributed by atoms with Crippen molar-refractivity contribution in [3.8, 4) is 11.5 Å². The number of phenolic OH excluding ortho intramolecular Hbond substituents is 1. The Bertz CT molecular complexity index is 1480. The molecule has 1 aromatic heterocycles. The molecule has 0 amide bonds. The van der Waals surface area contributed by atoms with E-state index in [-0.39, 0.29) is 21.6 Å². The Morgan fingerprint density at radius 3 is 2.19 bits per heavy atom. The lowest BCUT2D eigenvalue weighted by Gasteiger charge is -2.43. The minimum atomic E-state index is -2.70. The lowest BCUT2D eigenvalue weighted by atomic mass is 10.0. The normalized spacial score (nSPS) is 14.0. The van der Waals surface area contributed by atoms with E-state index in [1.54, 1.807) is 13.0 Å². The summed E-state index contributed by atoms with van der Waals surface area (Å²) >= 11 is 0. The largest absolute Gasteiger partial charge is 0.507 e. The summed E-state index contributed by atoms with van der Waals surface area (Å²) in [5.74, 6) is 0.935. The molecule has 0 aliphatic carbocycles. The molecule has 0 saturated carbocycles. The molecular formula is C31H32O5Si. The smallest absolute Gasteiger partial charge is 0.261 e. The van der Waals surface area contributed by atoms with E-state index in [4.69, 9.17) is 13.6 Å². The van der Waals surface area contributed by atoms with Crippen molar-refractivity contribution >= 4 is 29.7 Å². The molecule has 5 nitrogen and oxygen atoms in total. The zero-order valence-electron chi connectivity index (χ0n) is 21.7. The molecule has 0 saturated heterocycles. The molecule has 0 fully saturated rings. The van der Waals surface area contributed by atoms with Crippen LogP contribution < -0.4 is 20.5 Å². The first-order valence-corrected chi connectivity index (χ1v) is 14.5. The van der Waals surface area contributed by atoms with Crippen molar-refractivity contribution in [2.75, 3.05) is 13.2 Å². The highest BCUT2D eigenvalue weighted by molar-refractivity contribution is 6.99. The van der Waals surface area contributed by atoms with Gasteiger partial charge >= 0.3 is 0 Å². The van der Waals surface area contributed by atoms with Gasteiger partial charge in [0.1, 0.15) is 34.8 Å². The molecule has 0 atom stereocenters. The number of rotatable bonds is 5. The first-order valence-electron chi connectivity index (χ1n) is 12.6. The molecule has 2 heterocycles. The third-order valence-corrected chi connectivity index (χ3v) is 12.1. The highest BCUT2D eigenvalue weighted by Gasteiger charge is 2.50. The van der Waals surface area contributed by atoms with E-state index >= 15 is 0 Å². The van der Waals surface area contributed by atoms with E-state index in [2.05, 4.69) is 69.3 Å². The molecule has 1 aliphatic heterocycles. The fraction of sp³-hybridized carbons (Fsp3) is 0.258. The van der Waals surface area contributed by atoms with E-state index < -0.39 is 8.32 Å². The number of aromatic hydroxyl groups is 1. The van der Waals surface area contributed by atoms with Crippen LogP contribution in [-0.2, 0) is 10.8 Å². The first kappa shape index (κ1) is 25.1. The van der Waals surface area contributed by atoms with Gasteiger partial charge in [-0.3, -0.25) is 4.79 Å². The predicted octanol–water partition coefficient (Wildman–Crippen LogP) is 5.24. The van der Waals surface area contributed by atoms with Gasteiger partial charge in [0.05, 0.1) is 6.61 Å². The van der Waals surface area contributed by atoms with E-state index in [1.807, 2.05) is 18.2 Å². The molecule has 0 spiro atoms. The number of hydrogen-bond donors (Lipinski definition) is 1. The van der Waals surface area contributed by atoms with Crippen LogP contribution in [0.25, 0.3) is 11.0 Å². The maximum atomic E-state index is 12.5. The number of hydrogen-bond acceptors (Lipinski definition) is 5. The number of fused-ring (bicyclic) bond motifs is 2. The van der Waals surface area contributed by atoms with Gasteiger partial charge in [-0.1, -0.05) is 87.5 Å². The summed E-state index contributed by atoms with van der Waals surface area (Å²) < 4.78 is 18.9. The maximum Gasteiger partial charge on any atom is 0.261 e. The minimum Gasteiger partial charge on any atom is -0.507 e. The average molecular weight is 513 g/mol. The maximum absolute atomic E-state index is 12.5. The average Bonchev–Trinajstić information content (AvgIpc) is 3.07. The van der Waals surface area contributed by atoms with Crippen LogP contribution in [0.2, 0.25) is 5.04 Å². The van der Waals surface area contributed by atoms with Crippen LogP contribution in [0.4, 0.5) is 0 Å². The zero-order chi connectivity index (χ0) is 26.2. The quantitative estimate of drug-likeness (QED) is 0.292. The predicted molar refractivity (Wildman–Crippen MR) is 150 cm³/mol. The van der Waals surface area contributed by atoms with Crippen molar-refractivity contribution in [1.29, 1.82) is 0 Å². The number of allylic oxidation sites excluding steroid dienone is 1. The third kappa shape index (κ3) is 4.51. The van der Waals surface area contributed by atoms with E-state index in [0.717, 1.165) is 5.57 Å². The number of phenols is 1. The van der Waals surface area contributed by atoms with Crippen molar-refractivity contribution in [3.63, 3.8) is 0 Å². The van der Waals surface area contributed by atoms with Crippen molar-refractivity contribution < 1.29 is 18.7 Å². The topological polar surface area (TPSA) is 68.9 Å². The van der Waals surface area contributed by atoms with E-state index in [1.165, 1.54) is 16.4 Å². The number of benzene rings is 3. The summed E-state index contributed by atoms with van der Waals surface area (Å²) in [5.41, 5.74) is 1.64. The lowest BCUT2D eigenvalue weighted by molar-refractivity contribution is 0.290. The van der Waals surface area contributed by atoms with Crippen LogP contribution in [0.1, 0.15) is 32.1 Å². The second-order valence-corrected chi connectivity index (χ2v) is 14.9. The Labute approximate surface area is 218 Å². The van der Waals surface area contributed by atoms with Crippen molar-refractivity contribution in [2.45, 2.75) is 39.2 Å². The van der Waals surface area contributed by atoms with Crippen molar-refractivity contribution in [3.05, 3.63) is 106 Å². The lowest BCUT2D eigenvalue weighted by Crippen LogP contribution is -2.66. The summed E-state index contributed by atoms with van der Waals surface area (Å²) in [6, 6.07) is 24.2. The highest BCUT2D eigenvalue weighted by Crippen LogP contribution is 2.39. The zero-order valence-corrected chi connectivity index (χ0v) is 22.7. The molecule has 0 unspecified atom stereocenters. The molecule has 0 radical (unpaired) electrons. The molecule has 5 rings (SSSR count). The van der Waals surface area contributed by atoms with Crippen LogP contribution in [0.3, 0.4) is 0 Å². The van der Waals surface area contributed by atoms with Gasteiger partial charge in [-0.2, -0.15) is 0 Å². The SMILES string of the molecule is Cc1cc(=O)c2c(O)c3c(cc2o1)OCC(CO[Si](c1ccccc1)(c1ccccc1)C(C)(C)C)=CC3. The molecular weight excluding hydrogens is 480 g/mol. The van der Waals surface area contributed by atoms with Gasteiger partial charge in [-0.05, 0) is 34.3 Å². The van der Waals surface area contributed by atoms with E-state index in [0.29, 0.717) is 42.3 Å². The summed E-state index contributed by atoms with van der Waals surface area (Å²) in [6.07, 6.45) is 2.48. The fourth-order valence-corrected chi connectivity index (χ4v) is 9.86. The first-order chi connectivity index (χ1) is 17.7. The van der Waals surface area contributed by atoms with Crippen molar-refractivity contribution in [2.24, 2.45) is 0 Å². The van der Waals surface area contributed by atoms with Crippen LogP contribution in [0, 0.1) is 6.92 Å². The van der Waals surface area contributed by atoms with Gasteiger partial charge in [0, 0.05) is 17.7 Å². The number of aryl methyl sites for hydroxylation is 1. The van der Waals surface area contributed by atoms with Crippen LogP contribution in [0.5, 0.6) is 11.5 Å². The summed E-state index contributed by atoms with van der Waals surface area (Å²) in [6.45, 7) is 9.20. The molecule has 3 aromatic carbocycles. The van der Waals surface area contributed by atoms with Crippen LogP contribution in [0.15, 0.2) is 93.7 Å². The molecule has 37 heavy (non-hydrogen) atoms. The molecule has 0 bridgehead atoms. The Kier molecular flexibility index (Phi) is 6.56. The Hall–Kier alpha value is -3.61. The molecule has 1 aliphatic rings. The minimum absolute atomic E-state index is 0.0772. The second-order valence-electron chi connectivity index (χ2n) is 10.6. The Morgan fingerprint density at radius 2 is 1.59 bits per heavy atom. The van der Waals surface area contributed by atoms with Crippen molar-refractivity contribution in [1.82, 2.24) is 0 Å².